The van der Waals surface area contributed by atoms with Crippen molar-refractivity contribution in [3.63, 3.8) is 0 Å². The highest BCUT2D eigenvalue weighted by molar-refractivity contribution is 6.46. The monoisotopic (exact) mass is 524 g/mol. The molecular weight excluding hydrogens is 488 g/mol. The number of rotatable bonds is 10. The highest BCUT2D eigenvalue weighted by atomic mass is 16.5. The zero-order valence-electron chi connectivity index (χ0n) is 22.5. The molecule has 0 aromatic heterocycles. The minimum Gasteiger partial charge on any atom is -0.507 e. The van der Waals surface area contributed by atoms with Gasteiger partial charge in [0.15, 0.2) is 11.5 Å². The molecule has 0 saturated carbocycles. The molecule has 1 unspecified atom stereocenters. The Morgan fingerprint density at radius 3 is 2.37 bits per heavy atom. The van der Waals surface area contributed by atoms with E-state index in [1.165, 1.54) is 12.0 Å². The van der Waals surface area contributed by atoms with E-state index >= 15 is 0 Å². The van der Waals surface area contributed by atoms with Crippen molar-refractivity contribution < 1.29 is 33.6 Å². The number of Topliss-reactive ketones (excluding diaryl/α,β-unsaturated/α-hetero) is 1. The van der Waals surface area contributed by atoms with Crippen LogP contribution in [0.2, 0.25) is 0 Å². The van der Waals surface area contributed by atoms with E-state index in [4.69, 9.17) is 18.9 Å². The van der Waals surface area contributed by atoms with Crippen molar-refractivity contribution in [2.24, 2.45) is 0 Å². The predicted octanol–water partition coefficient (Wildman–Crippen LogP) is 3.55. The number of hydrogen-bond donors (Lipinski definition) is 1. The molecule has 2 aromatic rings. The zero-order chi connectivity index (χ0) is 27.2. The normalized spacial score (nSPS) is 19.6. The molecule has 38 heavy (non-hydrogen) atoms. The molecule has 204 valence electrons. The molecule has 9 nitrogen and oxygen atoms in total. The Hall–Kier alpha value is -3.56. The molecule has 0 spiro atoms. The van der Waals surface area contributed by atoms with Crippen molar-refractivity contribution >= 4 is 17.4 Å². The molecule has 2 heterocycles. The van der Waals surface area contributed by atoms with Crippen LogP contribution in [0.4, 0.5) is 0 Å². The van der Waals surface area contributed by atoms with Crippen LogP contribution in [-0.4, -0.2) is 86.8 Å². The largest absolute Gasteiger partial charge is 0.507 e. The van der Waals surface area contributed by atoms with E-state index in [2.05, 4.69) is 4.90 Å². The number of likely N-dealkylation sites (tertiary alicyclic amines) is 1. The molecule has 0 radical (unpaired) electrons. The van der Waals surface area contributed by atoms with E-state index in [1.54, 1.807) is 43.5 Å². The van der Waals surface area contributed by atoms with Gasteiger partial charge >= 0.3 is 0 Å². The summed E-state index contributed by atoms with van der Waals surface area (Å²) in [6.45, 7) is 8.19. The van der Waals surface area contributed by atoms with E-state index < -0.39 is 17.7 Å². The van der Waals surface area contributed by atoms with E-state index in [0.29, 0.717) is 61.3 Å². The van der Waals surface area contributed by atoms with Crippen LogP contribution in [0.1, 0.15) is 36.1 Å². The number of methoxy groups -OCH3 is 2. The summed E-state index contributed by atoms with van der Waals surface area (Å²) < 4.78 is 22.1. The Balaban J connectivity index is 1.76. The first-order valence-electron chi connectivity index (χ1n) is 12.9. The third kappa shape index (κ3) is 5.63. The van der Waals surface area contributed by atoms with Gasteiger partial charge in [0.2, 0.25) is 0 Å². The molecule has 1 amide bonds. The van der Waals surface area contributed by atoms with Gasteiger partial charge < -0.3 is 29.0 Å². The summed E-state index contributed by atoms with van der Waals surface area (Å²) in [7, 11) is 3.07. The molecule has 0 aliphatic carbocycles. The SMILES string of the molecule is CCCOc1ccc(C(O)=C2C(=O)C(=O)N(CCN3CCOCC3)C2c2ccc(OC)c(OC)c2)cc1C. The van der Waals surface area contributed by atoms with Crippen molar-refractivity contribution in [2.45, 2.75) is 26.3 Å². The first-order valence-corrected chi connectivity index (χ1v) is 12.9. The van der Waals surface area contributed by atoms with Crippen LogP contribution in [0.15, 0.2) is 42.0 Å². The first-order chi connectivity index (χ1) is 18.4. The maximum atomic E-state index is 13.4. The maximum absolute atomic E-state index is 13.4. The Labute approximate surface area is 223 Å². The Bertz CT molecular complexity index is 1200. The fourth-order valence-corrected chi connectivity index (χ4v) is 4.88. The second-order valence-corrected chi connectivity index (χ2v) is 9.39. The van der Waals surface area contributed by atoms with Gasteiger partial charge in [0.1, 0.15) is 11.5 Å². The van der Waals surface area contributed by atoms with Crippen molar-refractivity contribution in [3.8, 4) is 17.2 Å². The van der Waals surface area contributed by atoms with Gasteiger partial charge in [0.25, 0.3) is 11.7 Å². The van der Waals surface area contributed by atoms with Crippen LogP contribution in [-0.2, 0) is 14.3 Å². The Morgan fingerprint density at radius 1 is 1.00 bits per heavy atom. The third-order valence-corrected chi connectivity index (χ3v) is 6.93. The minimum atomic E-state index is -0.785. The topological polar surface area (TPSA) is 97.8 Å². The van der Waals surface area contributed by atoms with Crippen molar-refractivity contribution in [1.82, 2.24) is 9.80 Å². The smallest absolute Gasteiger partial charge is 0.295 e. The number of nitrogens with zero attached hydrogens (tertiary/aromatic N) is 2. The molecular formula is C29H36N2O7. The van der Waals surface area contributed by atoms with Gasteiger partial charge in [-0.15, -0.1) is 0 Å². The van der Waals surface area contributed by atoms with Gasteiger partial charge in [-0.2, -0.15) is 0 Å². The molecule has 1 N–H and O–H groups in total. The summed E-state index contributed by atoms with van der Waals surface area (Å²) in [5, 5.41) is 11.4. The standard InChI is InChI=1S/C29H36N2O7/c1-5-14-38-22-8-7-21(17-19(22)2)27(32)25-26(20-6-9-23(35-3)24(18-20)36-4)31(29(34)28(25)33)11-10-30-12-15-37-16-13-30/h6-9,17-18,26,32H,5,10-16H2,1-4H3. The fraction of sp³-hybridized carbons (Fsp3) is 0.448. The van der Waals surface area contributed by atoms with Crippen molar-refractivity contribution in [1.29, 1.82) is 0 Å². The number of aliphatic hydroxyl groups excluding tert-OH is 1. The lowest BCUT2D eigenvalue weighted by atomic mass is 9.94. The summed E-state index contributed by atoms with van der Waals surface area (Å²) >= 11 is 0. The van der Waals surface area contributed by atoms with Crippen LogP contribution in [0.5, 0.6) is 17.2 Å². The minimum absolute atomic E-state index is 0.0471. The average molecular weight is 525 g/mol. The fourth-order valence-electron chi connectivity index (χ4n) is 4.88. The van der Waals surface area contributed by atoms with Crippen LogP contribution in [0.3, 0.4) is 0 Å². The summed E-state index contributed by atoms with van der Waals surface area (Å²) in [4.78, 5) is 30.5. The van der Waals surface area contributed by atoms with E-state index in [1.807, 2.05) is 13.8 Å². The maximum Gasteiger partial charge on any atom is 0.295 e. The second kappa shape index (κ2) is 12.3. The lowest BCUT2D eigenvalue weighted by Gasteiger charge is -2.31. The number of ketones is 1. The summed E-state index contributed by atoms with van der Waals surface area (Å²) in [5.41, 5.74) is 1.96. The van der Waals surface area contributed by atoms with Crippen LogP contribution >= 0.6 is 0 Å². The second-order valence-electron chi connectivity index (χ2n) is 9.39. The number of carbonyl (C=O) groups is 2. The molecule has 2 fully saturated rings. The Kier molecular flexibility index (Phi) is 8.91. The van der Waals surface area contributed by atoms with Gasteiger partial charge in [-0.3, -0.25) is 14.5 Å². The van der Waals surface area contributed by atoms with E-state index in [-0.39, 0.29) is 11.3 Å². The van der Waals surface area contributed by atoms with Crippen LogP contribution in [0, 0.1) is 6.92 Å². The van der Waals surface area contributed by atoms with Gasteiger partial charge in [-0.05, 0) is 54.8 Å². The molecule has 2 aromatic carbocycles. The van der Waals surface area contributed by atoms with Crippen LogP contribution < -0.4 is 14.2 Å². The molecule has 0 bridgehead atoms. The van der Waals surface area contributed by atoms with E-state index in [9.17, 15) is 14.7 Å². The van der Waals surface area contributed by atoms with Gasteiger partial charge in [-0.1, -0.05) is 13.0 Å². The number of morpholine rings is 1. The van der Waals surface area contributed by atoms with Crippen LogP contribution in [0.25, 0.3) is 5.76 Å². The van der Waals surface area contributed by atoms with Crippen molar-refractivity contribution in [2.75, 3.05) is 60.2 Å². The van der Waals surface area contributed by atoms with Gasteiger partial charge in [0, 0.05) is 31.7 Å². The van der Waals surface area contributed by atoms with E-state index in [0.717, 1.165) is 25.1 Å². The zero-order valence-corrected chi connectivity index (χ0v) is 22.5. The van der Waals surface area contributed by atoms with Gasteiger partial charge in [-0.25, -0.2) is 0 Å². The third-order valence-electron chi connectivity index (χ3n) is 6.93. The Morgan fingerprint density at radius 2 is 1.71 bits per heavy atom. The number of amides is 1. The van der Waals surface area contributed by atoms with Gasteiger partial charge in [0.05, 0.1) is 45.7 Å². The molecule has 2 saturated heterocycles. The predicted molar refractivity (Wildman–Crippen MR) is 143 cm³/mol. The number of carbonyl (C=O) groups excluding carboxylic acids is 2. The molecule has 4 rings (SSSR count). The number of aryl methyl sites for hydroxylation is 1. The van der Waals surface area contributed by atoms with Crippen molar-refractivity contribution in [3.05, 3.63) is 58.7 Å². The summed E-state index contributed by atoms with van der Waals surface area (Å²) in [6.07, 6.45) is 0.875. The highest BCUT2D eigenvalue weighted by Gasteiger charge is 2.46. The number of benzene rings is 2. The average Bonchev–Trinajstić information content (AvgIpc) is 3.20. The first kappa shape index (κ1) is 27.5. The summed E-state index contributed by atoms with van der Waals surface area (Å²) in [5.74, 6) is 0.136. The summed E-state index contributed by atoms with van der Waals surface area (Å²) in [6, 6.07) is 9.75. The molecule has 2 aliphatic rings. The lowest BCUT2D eigenvalue weighted by Crippen LogP contribution is -2.42. The number of ether oxygens (including phenoxy) is 4. The molecule has 1 atom stereocenters. The quantitative estimate of drug-likeness (QED) is 0.286. The highest BCUT2D eigenvalue weighted by Crippen LogP contribution is 2.42. The molecule has 2 aliphatic heterocycles. The number of hydrogen-bond acceptors (Lipinski definition) is 8. The molecule has 9 heteroatoms. The lowest BCUT2D eigenvalue weighted by molar-refractivity contribution is -0.140. The number of aliphatic hydroxyl groups is 1.